The van der Waals surface area contributed by atoms with E-state index in [-0.39, 0.29) is 5.31 Å². The fraction of sp³-hybridized carbons (Fsp3) is 0.591. The van der Waals surface area contributed by atoms with E-state index in [0.29, 0.717) is 17.8 Å². The van der Waals surface area contributed by atoms with Crippen LogP contribution >= 0.6 is 0 Å². The maximum Gasteiger partial charge on any atom is 0.345 e. The van der Waals surface area contributed by atoms with Gasteiger partial charge in [0.15, 0.2) is 0 Å². The van der Waals surface area contributed by atoms with Crippen LogP contribution in [0, 0.1) is 0 Å². The van der Waals surface area contributed by atoms with Crippen LogP contribution in [-0.2, 0) is 0 Å². The standard InChI is InChI=1S/C22H36BN6/c1-16(2)19-10-13-27(24-19)23(22(7,8)9,28-14-11-20(25-28)17(3)4)29-15-12-21(26-29)18(5)6/h10-18H,1-9H3/q-1. The van der Waals surface area contributed by atoms with Crippen LogP contribution in [-0.4, -0.2) is 35.6 Å². The molecule has 0 saturated carbocycles. The van der Waals surface area contributed by atoms with Gasteiger partial charge in [-0.05, 0) is 54.5 Å². The monoisotopic (exact) mass is 395 g/mol. The molecule has 7 heteroatoms. The van der Waals surface area contributed by atoms with E-state index in [4.69, 9.17) is 15.3 Å². The quantitative estimate of drug-likeness (QED) is 0.530. The van der Waals surface area contributed by atoms with Crippen molar-refractivity contribution in [1.29, 1.82) is 0 Å². The van der Waals surface area contributed by atoms with Crippen molar-refractivity contribution in [2.45, 2.75) is 85.4 Å². The zero-order valence-corrected chi connectivity index (χ0v) is 19.5. The van der Waals surface area contributed by atoms with Crippen molar-refractivity contribution < 1.29 is 0 Å². The van der Waals surface area contributed by atoms with Crippen LogP contribution in [0.15, 0.2) is 36.8 Å². The van der Waals surface area contributed by atoms with Crippen LogP contribution in [0.3, 0.4) is 0 Å². The molecule has 158 valence electrons. The molecule has 0 aliphatic heterocycles. The molecule has 0 spiro atoms. The molecule has 3 aromatic heterocycles. The maximum atomic E-state index is 5.03. The first-order valence-corrected chi connectivity index (χ1v) is 10.8. The largest absolute Gasteiger partial charge is 0.399 e. The zero-order chi connectivity index (χ0) is 21.6. The topological polar surface area (TPSA) is 53.5 Å². The summed E-state index contributed by atoms with van der Waals surface area (Å²) in [5.74, 6) is 1.08. The van der Waals surface area contributed by atoms with Gasteiger partial charge in [0.1, 0.15) is 0 Å². The molecule has 0 amide bonds. The second-order valence-corrected chi connectivity index (χ2v) is 10.2. The lowest BCUT2D eigenvalue weighted by Gasteiger charge is -2.51. The van der Waals surface area contributed by atoms with Crippen molar-refractivity contribution in [3.05, 3.63) is 53.9 Å². The average Bonchev–Trinajstić information content (AvgIpc) is 3.35. The molecule has 0 bridgehead atoms. The van der Waals surface area contributed by atoms with Crippen LogP contribution in [0.25, 0.3) is 0 Å². The molecule has 0 aromatic carbocycles. The smallest absolute Gasteiger partial charge is 0.345 e. The highest BCUT2D eigenvalue weighted by atomic mass is 15.5. The highest BCUT2D eigenvalue weighted by Gasteiger charge is 2.46. The van der Waals surface area contributed by atoms with Gasteiger partial charge in [0, 0.05) is 0 Å². The molecule has 0 unspecified atom stereocenters. The lowest BCUT2D eigenvalue weighted by molar-refractivity contribution is 0.571. The van der Waals surface area contributed by atoms with Crippen LogP contribution in [0.2, 0.25) is 5.31 Å². The van der Waals surface area contributed by atoms with Gasteiger partial charge < -0.3 is 13.8 Å². The minimum absolute atomic E-state index is 0.208. The van der Waals surface area contributed by atoms with E-state index in [0.717, 1.165) is 17.1 Å². The normalized spacial score (nSPS) is 13.2. The summed E-state index contributed by atoms with van der Waals surface area (Å²) >= 11 is 0. The first-order valence-electron chi connectivity index (χ1n) is 10.8. The molecule has 3 aromatic rings. The lowest BCUT2D eigenvalue weighted by Crippen LogP contribution is -2.65. The molecule has 0 atom stereocenters. The van der Waals surface area contributed by atoms with Crippen molar-refractivity contribution >= 4 is 6.55 Å². The minimum Gasteiger partial charge on any atom is -0.399 e. The number of nitrogens with zero attached hydrogens (tertiary/aromatic N) is 6. The van der Waals surface area contributed by atoms with E-state index in [2.05, 4.69) is 113 Å². The number of hydrogen-bond donors (Lipinski definition) is 0. The van der Waals surface area contributed by atoms with Gasteiger partial charge in [-0.1, -0.05) is 67.6 Å². The molecule has 0 fully saturated rings. The lowest BCUT2D eigenvalue weighted by atomic mass is 9.41. The third-order valence-electron chi connectivity index (χ3n) is 5.93. The van der Waals surface area contributed by atoms with Crippen molar-refractivity contribution in [2.24, 2.45) is 0 Å². The summed E-state index contributed by atoms with van der Waals surface area (Å²) in [7, 11) is 0. The first kappa shape index (κ1) is 21.4. The van der Waals surface area contributed by atoms with Gasteiger partial charge in [-0.2, -0.15) is 0 Å². The first-order chi connectivity index (χ1) is 13.5. The van der Waals surface area contributed by atoms with Crippen molar-refractivity contribution in [2.75, 3.05) is 0 Å². The fourth-order valence-electron chi connectivity index (χ4n) is 4.14. The van der Waals surface area contributed by atoms with E-state index >= 15 is 0 Å². The molecule has 29 heavy (non-hydrogen) atoms. The summed E-state index contributed by atoms with van der Waals surface area (Å²) < 4.78 is 6.30. The van der Waals surface area contributed by atoms with E-state index < -0.39 is 6.55 Å². The Bertz CT molecular complexity index is 841. The zero-order valence-electron chi connectivity index (χ0n) is 19.5. The Morgan fingerprint density at radius 1 is 0.621 bits per heavy atom. The Morgan fingerprint density at radius 3 is 1.07 bits per heavy atom. The van der Waals surface area contributed by atoms with E-state index in [1.807, 2.05) is 0 Å². The van der Waals surface area contributed by atoms with Gasteiger partial charge in [0.05, 0.1) is 17.1 Å². The molecule has 0 aliphatic rings. The van der Waals surface area contributed by atoms with Crippen molar-refractivity contribution in [3.8, 4) is 0 Å². The average molecular weight is 395 g/mol. The second kappa shape index (κ2) is 7.50. The van der Waals surface area contributed by atoms with Gasteiger partial charge in [-0.3, -0.25) is 0 Å². The van der Waals surface area contributed by atoms with Crippen LogP contribution < -0.4 is 0 Å². The molecular weight excluding hydrogens is 359 g/mol. The summed E-state index contributed by atoms with van der Waals surface area (Å²) in [5.41, 5.74) is 3.23. The van der Waals surface area contributed by atoms with Gasteiger partial charge in [0.25, 0.3) is 0 Å². The highest BCUT2D eigenvalue weighted by molar-refractivity contribution is 6.77. The van der Waals surface area contributed by atoms with Crippen molar-refractivity contribution in [1.82, 2.24) is 29.1 Å². The predicted octanol–water partition coefficient (Wildman–Crippen LogP) is 5.33. The van der Waals surface area contributed by atoms with Gasteiger partial charge in [-0.25, -0.2) is 15.3 Å². The Balaban J connectivity index is 2.34. The summed E-state index contributed by atoms with van der Waals surface area (Å²) in [5, 5.41) is 14.9. The molecule has 0 saturated heterocycles. The predicted molar refractivity (Wildman–Crippen MR) is 121 cm³/mol. The van der Waals surface area contributed by atoms with Crippen LogP contribution in [0.5, 0.6) is 0 Å². The minimum atomic E-state index is -1.66. The number of aromatic nitrogens is 6. The second-order valence-electron chi connectivity index (χ2n) is 10.2. The molecule has 3 heterocycles. The third-order valence-corrected chi connectivity index (χ3v) is 5.93. The van der Waals surface area contributed by atoms with Crippen LogP contribution in [0.1, 0.15) is 97.1 Å². The molecule has 6 nitrogen and oxygen atoms in total. The van der Waals surface area contributed by atoms with E-state index in [1.165, 1.54) is 0 Å². The Labute approximate surface area is 175 Å². The Kier molecular flexibility index (Phi) is 5.54. The van der Waals surface area contributed by atoms with E-state index in [1.54, 1.807) is 0 Å². The molecule has 0 radical (unpaired) electrons. The third kappa shape index (κ3) is 3.56. The number of hydrogen-bond acceptors (Lipinski definition) is 3. The Morgan fingerprint density at radius 2 is 0.897 bits per heavy atom. The fourth-order valence-corrected chi connectivity index (χ4v) is 4.14. The van der Waals surface area contributed by atoms with Crippen molar-refractivity contribution in [3.63, 3.8) is 0 Å². The highest BCUT2D eigenvalue weighted by Crippen LogP contribution is 2.39. The van der Waals surface area contributed by atoms with Crippen LogP contribution in [0.4, 0.5) is 0 Å². The van der Waals surface area contributed by atoms with Gasteiger partial charge in [0.2, 0.25) is 0 Å². The molecule has 3 rings (SSSR count). The summed E-state index contributed by atoms with van der Waals surface area (Å²) in [6.07, 6.45) is 6.27. The summed E-state index contributed by atoms with van der Waals surface area (Å²) in [6, 6.07) is 6.35. The molecule has 0 aliphatic carbocycles. The molecule has 0 N–H and O–H groups in total. The van der Waals surface area contributed by atoms with Gasteiger partial charge in [-0.15, -0.1) is 0 Å². The molecular formula is C22H36BN6-. The van der Waals surface area contributed by atoms with Gasteiger partial charge >= 0.3 is 6.55 Å². The van der Waals surface area contributed by atoms with E-state index in [9.17, 15) is 0 Å². The summed E-state index contributed by atoms with van der Waals surface area (Å²) in [6.45, 7) is 18.1. The maximum absolute atomic E-state index is 5.03. The number of rotatable bonds is 6. The Hall–Kier alpha value is -2.31. The summed E-state index contributed by atoms with van der Waals surface area (Å²) in [4.78, 5) is 0. The SMILES string of the molecule is CC(C)c1ccn([B-](n2ccc(C(C)C)n2)(n2ccc(C(C)C)n2)C(C)(C)C)n1.